The van der Waals surface area contributed by atoms with Crippen molar-refractivity contribution in [1.82, 2.24) is 5.48 Å². The number of halogens is 2. The first kappa shape index (κ1) is 15.0. The van der Waals surface area contributed by atoms with Gasteiger partial charge in [-0.25, -0.2) is 5.48 Å². The van der Waals surface area contributed by atoms with Gasteiger partial charge in [0, 0.05) is 16.1 Å². The van der Waals surface area contributed by atoms with E-state index >= 15 is 0 Å². The van der Waals surface area contributed by atoms with Crippen LogP contribution in [-0.2, 0) is 9.63 Å². The van der Waals surface area contributed by atoms with Crippen molar-refractivity contribution in [2.75, 3.05) is 0 Å². The Kier molecular flexibility index (Phi) is 5.20. The van der Waals surface area contributed by atoms with Crippen LogP contribution in [0, 0.1) is 0 Å². The molecule has 0 spiro atoms. The van der Waals surface area contributed by atoms with Crippen LogP contribution in [-0.4, -0.2) is 11.5 Å². The maximum absolute atomic E-state index is 11.5. The largest absolute Gasteiger partial charge is 0.268 e. The number of rotatable bonds is 3. The zero-order valence-corrected chi connectivity index (χ0v) is 12.0. The second-order valence-electron chi connectivity index (χ2n) is 4.68. The van der Waals surface area contributed by atoms with Crippen LogP contribution in [0.1, 0.15) is 26.3 Å². The first-order valence-electron chi connectivity index (χ1n) is 5.39. The predicted molar refractivity (Wildman–Crippen MR) is 74.5 cm³/mol. The molecular weight excluding hydrogens is 273 g/mol. The lowest BCUT2D eigenvalue weighted by molar-refractivity contribution is -0.140. The normalized spacial score (nSPS) is 11.8. The quantitative estimate of drug-likeness (QED) is 0.677. The molecule has 0 fully saturated rings. The van der Waals surface area contributed by atoms with Gasteiger partial charge in [0.15, 0.2) is 0 Å². The zero-order valence-electron chi connectivity index (χ0n) is 10.5. The van der Waals surface area contributed by atoms with E-state index in [-0.39, 0.29) is 5.91 Å². The molecule has 0 aromatic heterocycles. The smallest absolute Gasteiger partial charge is 0.267 e. The number of carbonyl (C=O) groups is 1. The molecule has 1 aromatic carbocycles. The molecule has 18 heavy (non-hydrogen) atoms. The second kappa shape index (κ2) is 6.23. The van der Waals surface area contributed by atoms with Crippen LogP contribution >= 0.6 is 23.2 Å². The van der Waals surface area contributed by atoms with Crippen molar-refractivity contribution in [2.45, 2.75) is 26.4 Å². The van der Waals surface area contributed by atoms with E-state index in [0.717, 1.165) is 0 Å². The van der Waals surface area contributed by atoms with Gasteiger partial charge >= 0.3 is 0 Å². The fraction of sp³-hybridized carbons (Fsp3) is 0.308. The molecule has 0 saturated carbocycles. The maximum atomic E-state index is 11.5. The van der Waals surface area contributed by atoms with Crippen LogP contribution in [0.15, 0.2) is 24.3 Å². The molecule has 0 bridgehead atoms. The average molecular weight is 288 g/mol. The van der Waals surface area contributed by atoms with Gasteiger partial charge < -0.3 is 0 Å². The first-order valence-corrected chi connectivity index (χ1v) is 6.14. The van der Waals surface area contributed by atoms with Crippen LogP contribution in [0.2, 0.25) is 10.0 Å². The SMILES string of the molecule is CC(C)(C)ONC(=O)/C=C/c1cc(Cl)ccc1Cl. The highest BCUT2D eigenvalue weighted by atomic mass is 35.5. The van der Waals surface area contributed by atoms with E-state index in [1.807, 2.05) is 20.8 Å². The van der Waals surface area contributed by atoms with Gasteiger partial charge in [-0.2, -0.15) is 0 Å². The summed E-state index contributed by atoms with van der Waals surface area (Å²) in [4.78, 5) is 16.6. The van der Waals surface area contributed by atoms with Crippen LogP contribution in [0.25, 0.3) is 6.08 Å². The van der Waals surface area contributed by atoms with E-state index in [0.29, 0.717) is 15.6 Å². The van der Waals surface area contributed by atoms with Crippen LogP contribution < -0.4 is 5.48 Å². The van der Waals surface area contributed by atoms with Crippen LogP contribution in [0.4, 0.5) is 0 Å². The molecule has 1 amide bonds. The molecule has 0 atom stereocenters. The standard InChI is InChI=1S/C13H15Cl2NO2/c1-13(2,3)18-16-12(17)7-4-9-8-10(14)5-6-11(9)15/h4-8H,1-3H3,(H,16,17)/b7-4+. The molecular formula is C13H15Cl2NO2. The third-order valence-electron chi connectivity index (χ3n) is 1.83. The lowest BCUT2D eigenvalue weighted by atomic mass is 10.2. The number of amides is 1. The van der Waals surface area contributed by atoms with E-state index in [2.05, 4.69) is 5.48 Å². The molecule has 3 nitrogen and oxygen atoms in total. The molecule has 0 unspecified atom stereocenters. The summed E-state index contributed by atoms with van der Waals surface area (Å²) in [5, 5.41) is 1.09. The minimum absolute atomic E-state index is 0.360. The van der Waals surface area contributed by atoms with Crippen molar-refractivity contribution in [2.24, 2.45) is 0 Å². The lowest BCUT2D eigenvalue weighted by Gasteiger charge is -2.18. The Morgan fingerprint density at radius 1 is 1.33 bits per heavy atom. The first-order chi connectivity index (χ1) is 8.28. The Morgan fingerprint density at radius 3 is 2.61 bits per heavy atom. The summed E-state index contributed by atoms with van der Waals surface area (Å²) in [6, 6.07) is 5.04. The fourth-order valence-corrected chi connectivity index (χ4v) is 1.41. The Morgan fingerprint density at radius 2 is 2.00 bits per heavy atom. The summed E-state index contributed by atoms with van der Waals surface area (Å²) in [5.74, 6) is -0.360. The number of hydrogen-bond donors (Lipinski definition) is 1. The predicted octanol–water partition coefficient (Wildman–Crippen LogP) is 3.85. The number of nitrogens with one attached hydrogen (secondary N) is 1. The van der Waals surface area contributed by atoms with E-state index in [4.69, 9.17) is 28.0 Å². The third kappa shape index (κ3) is 5.54. The average Bonchev–Trinajstić information content (AvgIpc) is 2.26. The molecule has 0 saturated heterocycles. The summed E-state index contributed by atoms with van der Waals surface area (Å²) in [6.45, 7) is 5.51. The van der Waals surface area contributed by atoms with Crippen molar-refractivity contribution >= 4 is 35.2 Å². The molecule has 98 valence electrons. The number of benzene rings is 1. The van der Waals surface area contributed by atoms with Gasteiger partial charge in [-0.3, -0.25) is 9.63 Å². The Hall–Kier alpha value is -1.03. The van der Waals surface area contributed by atoms with Gasteiger partial charge in [0.05, 0.1) is 5.60 Å². The summed E-state index contributed by atoms with van der Waals surface area (Å²) in [6.07, 6.45) is 2.92. The molecule has 0 aliphatic carbocycles. The highest BCUT2D eigenvalue weighted by Crippen LogP contribution is 2.21. The van der Waals surface area contributed by atoms with Gasteiger partial charge in [-0.15, -0.1) is 0 Å². The highest BCUT2D eigenvalue weighted by molar-refractivity contribution is 6.34. The Bertz CT molecular complexity index is 465. The molecule has 1 aromatic rings. The van der Waals surface area contributed by atoms with Crippen molar-refractivity contribution in [1.29, 1.82) is 0 Å². The number of hydrogen-bond acceptors (Lipinski definition) is 2. The zero-order chi connectivity index (χ0) is 13.8. The molecule has 0 aliphatic rings. The monoisotopic (exact) mass is 287 g/mol. The number of carbonyl (C=O) groups excluding carboxylic acids is 1. The van der Waals surface area contributed by atoms with Crippen molar-refractivity contribution in [3.8, 4) is 0 Å². The van der Waals surface area contributed by atoms with E-state index in [1.165, 1.54) is 6.08 Å². The van der Waals surface area contributed by atoms with Crippen molar-refractivity contribution in [3.05, 3.63) is 39.9 Å². The van der Waals surface area contributed by atoms with Gasteiger partial charge in [0.1, 0.15) is 0 Å². The molecule has 5 heteroatoms. The van der Waals surface area contributed by atoms with E-state index in [1.54, 1.807) is 24.3 Å². The summed E-state index contributed by atoms with van der Waals surface area (Å²) in [5.41, 5.74) is 2.57. The van der Waals surface area contributed by atoms with Crippen LogP contribution in [0.3, 0.4) is 0 Å². The molecule has 0 aliphatic heterocycles. The van der Waals surface area contributed by atoms with Crippen LogP contribution in [0.5, 0.6) is 0 Å². The van der Waals surface area contributed by atoms with Crippen molar-refractivity contribution in [3.63, 3.8) is 0 Å². The topological polar surface area (TPSA) is 38.3 Å². The van der Waals surface area contributed by atoms with Gasteiger partial charge in [0.25, 0.3) is 5.91 Å². The number of hydroxylamine groups is 1. The van der Waals surface area contributed by atoms with Crippen molar-refractivity contribution < 1.29 is 9.63 Å². The maximum Gasteiger partial charge on any atom is 0.267 e. The lowest BCUT2D eigenvalue weighted by Crippen LogP contribution is -2.32. The highest BCUT2D eigenvalue weighted by Gasteiger charge is 2.11. The molecule has 0 radical (unpaired) electrons. The van der Waals surface area contributed by atoms with Gasteiger partial charge in [-0.1, -0.05) is 23.2 Å². The summed E-state index contributed by atoms with van der Waals surface area (Å²) < 4.78 is 0. The van der Waals surface area contributed by atoms with Gasteiger partial charge in [0.2, 0.25) is 0 Å². The third-order valence-corrected chi connectivity index (χ3v) is 2.41. The van der Waals surface area contributed by atoms with Gasteiger partial charge in [-0.05, 0) is 50.6 Å². The van der Waals surface area contributed by atoms with E-state index < -0.39 is 5.60 Å². The summed E-state index contributed by atoms with van der Waals surface area (Å²) in [7, 11) is 0. The minimum atomic E-state index is -0.433. The minimum Gasteiger partial charge on any atom is -0.268 e. The van der Waals surface area contributed by atoms with E-state index in [9.17, 15) is 4.79 Å². The Balaban J connectivity index is 2.64. The molecule has 0 heterocycles. The Labute approximate surface area is 117 Å². The second-order valence-corrected chi connectivity index (χ2v) is 5.52. The molecule has 1 N–H and O–H groups in total. The fourth-order valence-electron chi connectivity index (χ4n) is 1.05. The summed E-state index contributed by atoms with van der Waals surface area (Å²) >= 11 is 11.8. The molecule has 1 rings (SSSR count).